The van der Waals surface area contributed by atoms with Gasteiger partial charge < -0.3 is 15.3 Å². The molecule has 0 saturated carbocycles. The minimum atomic E-state index is -0.527. The van der Waals surface area contributed by atoms with Gasteiger partial charge in [-0.2, -0.15) is 0 Å². The standard InChI is InChI=1S/C11H24N2O/c1-11(2,14)5-6-12-7-10-13-8-3-4-9-13/h12,14H,3-10H2,1-2H3. The summed E-state index contributed by atoms with van der Waals surface area (Å²) in [6, 6.07) is 0. The van der Waals surface area contributed by atoms with Crippen molar-refractivity contribution in [2.24, 2.45) is 0 Å². The molecule has 0 bridgehead atoms. The monoisotopic (exact) mass is 200 g/mol. The second-order valence-electron chi connectivity index (χ2n) is 4.86. The molecule has 0 unspecified atom stereocenters. The Morgan fingerprint density at radius 1 is 1.21 bits per heavy atom. The lowest BCUT2D eigenvalue weighted by Crippen LogP contribution is -2.33. The number of likely N-dealkylation sites (tertiary alicyclic amines) is 1. The second kappa shape index (κ2) is 5.69. The van der Waals surface area contributed by atoms with Crippen LogP contribution in [0.2, 0.25) is 0 Å². The van der Waals surface area contributed by atoms with Crippen LogP contribution in [0.25, 0.3) is 0 Å². The fraction of sp³-hybridized carbons (Fsp3) is 1.00. The average Bonchev–Trinajstić information content (AvgIpc) is 2.54. The van der Waals surface area contributed by atoms with Crippen LogP contribution in [-0.2, 0) is 0 Å². The molecule has 1 fully saturated rings. The maximum absolute atomic E-state index is 9.48. The molecule has 0 aromatic carbocycles. The minimum Gasteiger partial charge on any atom is -0.390 e. The Morgan fingerprint density at radius 2 is 1.86 bits per heavy atom. The molecule has 2 N–H and O–H groups in total. The summed E-state index contributed by atoms with van der Waals surface area (Å²) in [4.78, 5) is 2.50. The predicted octanol–water partition coefficient (Wildman–Crippen LogP) is 0.833. The van der Waals surface area contributed by atoms with Crippen LogP contribution in [0.1, 0.15) is 33.1 Å². The van der Waals surface area contributed by atoms with Gasteiger partial charge in [-0.15, -0.1) is 0 Å². The van der Waals surface area contributed by atoms with E-state index in [2.05, 4.69) is 10.2 Å². The molecular formula is C11H24N2O. The smallest absolute Gasteiger partial charge is 0.0603 e. The molecule has 1 aliphatic heterocycles. The van der Waals surface area contributed by atoms with Crippen LogP contribution in [-0.4, -0.2) is 48.3 Å². The lowest BCUT2D eigenvalue weighted by Gasteiger charge is -2.18. The fourth-order valence-corrected chi connectivity index (χ4v) is 1.76. The molecule has 14 heavy (non-hydrogen) atoms. The first-order chi connectivity index (χ1) is 6.58. The van der Waals surface area contributed by atoms with Crippen molar-refractivity contribution in [1.29, 1.82) is 0 Å². The topological polar surface area (TPSA) is 35.5 Å². The van der Waals surface area contributed by atoms with Crippen molar-refractivity contribution in [2.45, 2.75) is 38.7 Å². The zero-order valence-electron chi connectivity index (χ0n) is 9.55. The Kier molecular flexibility index (Phi) is 4.85. The van der Waals surface area contributed by atoms with Gasteiger partial charge in [-0.05, 0) is 52.7 Å². The molecule has 1 aliphatic rings. The van der Waals surface area contributed by atoms with Crippen LogP contribution in [0.3, 0.4) is 0 Å². The van der Waals surface area contributed by atoms with Gasteiger partial charge >= 0.3 is 0 Å². The van der Waals surface area contributed by atoms with E-state index in [1.165, 1.54) is 25.9 Å². The molecule has 1 rings (SSSR count). The van der Waals surface area contributed by atoms with Gasteiger partial charge in [-0.1, -0.05) is 0 Å². The van der Waals surface area contributed by atoms with Crippen LogP contribution in [0.15, 0.2) is 0 Å². The van der Waals surface area contributed by atoms with Gasteiger partial charge in [-0.25, -0.2) is 0 Å². The summed E-state index contributed by atoms with van der Waals surface area (Å²) >= 11 is 0. The van der Waals surface area contributed by atoms with E-state index in [0.29, 0.717) is 0 Å². The van der Waals surface area contributed by atoms with Crippen molar-refractivity contribution in [2.75, 3.05) is 32.7 Å². The summed E-state index contributed by atoms with van der Waals surface area (Å²) in [5.41, 5.74) is -0.527. The Morgan fingerprint density at radius 3 is 2.43 bits per heavy atom. The number of nitrogens with one attached hydrogen (secondary N) is 1. The Balaban J connectivity index is 1.89. The van der Waals surface area contributed by atoms with Crippen LogP contribution in [0.5, 0.6) is 0 Å². The fourth-order valence-electron chi connectivity index (χ4n) is 1.76. The van der Waals surface area contributed by atoms with Crippen molar-refractivity contribution in [3.63, 3.8) is 0 Å². The van der Waals surface area contributed by atoms with Gasteiger partial charge in [0.2, 0.25) is 0 Å². The lowest BCUT2D eigenvalue weighted by molar-refractivity contribution is 0.0711. The highest BCUT2D eigenvalue weighted by atomic mass is 16.3. The lowest BCUT2D eigenvalue weighted by atomic mass is 10.1. The van der Waals surface area contributed by atoms with E-state index < -0.39 is 5.60 Å². The SMILES string of the molecule is CC(C)(O)CCNCCN1CCCC1. The van der Waals surface area contributed by atoms with E-state index in [9.17, 15) is 5.11 Å². The Bertz CT molecular complexity index is 148. The van der Waals surface area contributed by atoms with E-state index in [-0.39, 0.29) is 0 Å². The summed E-state index contributed by atoms with van der Waals surface area (Å²) < 4.78 is 0. The van der Waals surface area contributed by atoms with Gasteiger partial charge in [0.15, 0.2) is 0 Å². The van der Waals surface area contributed by atoms with Gasteiger partial charge in [-0.3, -0.25) is 0 Å². The maximum atomic E-state index is 9.48. The van der Waals surface area contributed by atoms with E-state index in [0.717, 1.165) is 26.1 Å². The molecule has 0 spiro atoms. The van der Waals surface area contributed by atoms with Crippen molar-refractivity contribution < 1.29 is 5.11 Å². The summed E-state index contributed by atoms with van der Waals surface area (Å²) in [6.07, 6.45) is 3.56. The Labute approximate surface area is 87.5 Å². The van der Waals surface area contributed by atoms with Crippen molar-refractivity contribution in [1.82, 2.24) is 10.2 Å². The third-order valence-electron chi connectivity index (χ3n) is 2.72. The molecule has 0 aromatic rings. The second-order valence-corrected chi connectivity index (χ2v) is 4.86. The number of hydrogen-bond donors (Lipinski definition) is 2. The number of aliphatic hydroxyl groups is 1. The quantitative estimate of drug-likeness (QED) is 0.624. The zero-order chi connectivity index (χ0) is 10.4. The highest BCUT2D eigenvalue weighted by Crippen LogP contribution is 2.06. The summed E-state index contributed by atoms with van der Waals surface area (Å²) in [5, 5.41) is 12.8. The van der Waals surface area contributed by atoms with Gasteiger partial charge in [0, 0.05) is 13.1 Å². The van der Waals surface area contributed by atoms with Crippen LogP contribution in [0.4, 0.5) is 0 Å². The van der Waals surface area contributed by atoms with Crippen molar-refractivity contribution in [3.05, 3.63) is 0 Å². The van der Waals surface area contributed by atoms with Crippen LogP contribution < -0.4 is 5.32 Å². The van der Waals surface area contributed by atoms with E-state index in [1.54, 1.807) is 0 Å². The highest BCUT2D eigenvalue weighted by molar-refractivity contribution is 4.69. The molecule has 1 heterocycles. The van der Waals surface area contributed by atoms with Crippen LogP contribution >= 0.6 is 0 Å². The third kappa shape index (κ3) is 5.58. The third-order valence-corrected chi connectivity index (χ3v) is 2.72. The molecule has 0 amide bonds. The predicted molar refractivity (Wildman–Crippen MR) is 59.5 cm³/mol. The van der Waals surface area contributed by atoms with Gasteiger partial charge in [0.1, 0.15) is 0 Å². The molecule has 0 radical (unpaired) electrons. The average molecular weight is 200 g/mol. The Hall–Kier alpha value is -0.120. The largest absolute Gasteiger partial charge is 0.390 e. The first-order valence-corrected chi connectivity index (χ1v) is 5.73. The van der Waals surface area contributed by atoms with Crippen molar-refractivity contribution >= 4 is 0 Å². The molecule has 84 valence electrons. The van der Waals surface area contributed by atoms with Crippen molar-refractivity contribution in [3.8, 4) is 0 Å². The molecule has 3 nitrogen and oxygen atoms in total. The van der Waals surface area contributed by atoms with Gasteiger partial charge in [0.05, 0.1) is 5.60 Å². The zero-order valence-corrected chi connectivity index (χ0v) is 9.55. The molecular weight excluding hydrogens is 176 g/mol. The summed E-state index contributed by atoms with van der Waals surface area (Å²) in [6.45, 7) is 9.38. The molecule has 1 saturated heterocycles. The number of rotatable bonds is 6. The first-order valence-electron chi connectivity index (χ1n) is 5.73. The highest BCUT2D eigenvalue weighted by Gasteiger charge is 2.12. The number of hydrogen-bond acceptors (Lipinski definition) is 3. The van der Waals surface area contributed by atoms with E-state index in [1.807, 2.05) is 13.8 Å². The first kappa shape index (κ1) is 12.0. The van der Waals surface area contributed by atoms with Crippen LogP contribution in [0, 0.1) is 0 Å². The van der Waals surface area contributed by atoms with E-state index in [4.69, 9.17) is 0 Å². The molecule has 0 aromatic heterocycles. The summed E-state index contributed by atoms with van der Waals surface area (Å²) in [7, 11) is 0. The molecule has 0 aliphatic carbocycles. The minimum absolute atomic E-state index is 0.527. The maximum Gasteiger partial charge on any atom is 0.0603 e. The number of nitrogens with zero attached hydrogens (tertiary/aromatic N) is 1. The summed E-state index contributed by atoms with van der Waals surface area (Å²) in [5.74, 6) is 0. The molecule has 0 atom stereocenters. The molecule has 3 heteroatoms. The normalized spacial score (nSPS) is 19.1. The van der Waals surface area contributed by atoms with Gasteiger partial charge in [0.25, 0.3) is 0 Å². The van der Waals surface area contributed by atoms with E-state index >= 15 is 0 Å².